The van der Waals surface area contributed by atoms with E-state index in [-0.39, 0.29) is 0 Å². The molecule has 4 heteroatoms. The number of nitrogens with zero attached hydrogens (tertiary/aromatic N) is 3. The van der Waals surface area contributed by atoms with Crippen molar-refractivity contribution in [2.75, 3.05) is 19.6 Å². The summed E-state index contributed by atoms with van der Waals surface area (Å²) < 4.78 is 1.99. The molecule has 0 radical (unpaired) electrons. The normalized spacial score (nSPS) is 26.3. The molecule has 17 heavy (non-hydrogen) atoms. The van der Waals surface area contributed by atoms with Gasteiger partial charge < -0.3 is 5.73 Å². The molecule has 1 aliphatic rings. The maximum Gasteiger partial charge on any atom is 0.0534 e. The SMILES string of the molecule is CCn1cc(CN2CCC(C)C(CN)C2)cn1. The van der Waals surface area contributed by atoms with E-state index in [1.165, 1.54) is 18.5 Å². The highest BCUT2D eigenvalue weighted by Crippen LogP contribution is 2.23. The maximum absolute atomic E-state index is 5.83. The Morgan fingerprint density at radius 3 is 3.00 bits per heavy atom. The fourth-order valence-corrected chi connectivity index (χ4v) is 2.59. The summed E-state index contributed by atoms with van der Waals surface area (Å²) in [4.78, 5) is 2.51. The number of rotatable bonds is 4. The first kappa shape index (κ1) is 12.6. The molecule has 0 amide bonds. The van der Waals surface area contributed by atoms with Crippen molar-refractivity contribution in [3.05, 3.63) is 18.0 Å². The second-order valence-corrected chi connectivity index (χ2v) is 5.20. The molecule has 0 aliphatic carbocycles. The van der Waals surface area contributed by atoms with Crippen molar-refractivity contribution in [2.45, 2.75) is 33.4 Å². The number of nitrogens with two attached hydrogens (primary N) is 1. The lowest BCUT2D eigenvalue weighted by atomic mass is 9.87. The van der Waals surface area contributed by atoms with Crippen LogP contribution >= 0.6 is 0 Å². The van der Waals surface area contributed by atoms with Gasteiger partial charge in [0.2, 0.25) is 0 Å². The molecule has 1 saturated heterocycles. The smallest absolute Gasteiger partial charge is 0.0534 e. The van der Waals surface area contributed by atoms with Crippen LogP contribution in [0.3, 0.4) is 0 Å². The van der Waals surface area contributed by atoms with Crippen LogP contribution < -0.4 is 5.73 Å². The van der Waals surface area contributed by atoms with Gasteiger partial charge in [-0.05, 0) is 38.3 Å². The van der Waals surface area contributed by atoms with Crippen LogP contribution in [0.5, 0.6) is 0 Å². The predicted molar refractivity (Wildman–Crippen MR) is 69.5 cm³/mol. The zero-order chi connectivity index (χ0) is 12.3. The highest BCUT2D eigenvalue weighted by molar-refractivity contribution is 5.04. The number of likely N-dealkylation sites (tertiary alicyclic amines) is 1. The third-order valence-electron chi connectivity index (χ3n) is 3.92. The standard InChI is InChI=1S/C13H24N4/c1-3-17-9-12(7-15-17)8-16-5-4-11(2)13(6-14)10-16/h7,9,11,13H,3-6,8,10,14H2,1-2H3. The summed E-state index contributed by atoms with van der Waals surface area (Å²) in [6, 6.07) is 0. The summed E-state index contributed by atoms with van der Waals surface area (Å²) in [5.41, 5.74) is 7.15. The van der Waals surface area contributed by atoms with Crippen LogP contribution in [0, 0.1) is 11.8 Å². The molecule has 1 aliphatic heterocycles. The Morgan fingerprint density at radius 2 is 2.35 bits per heavy atom. The minimum Gasteiger partial charge on any atom is -0.330 e. The molecule has 1 aromatic heterocycles. The highest BCUT2D eigenvalue weighted by Gasteiger charge is 2.25. The molecule has 0 bridgehead atoms. The van der Waals surface area contributed by atoms with E-state index in [1.807, 2.05) is 10.9 Å². The number of aromatic nitrogens is 2. The molecular formula is C13H24N4. The summed E-state index contributed by atoms with van der Waals surface area (Å²) in [6.07, 6.45) is 5.40. The molecule has 1 fully saturated rings. The zero-order valence-corrected chi connectivity index (χ0v) is 11.0. The summed E-state index contributed by atoms with van der Waals surface area (Å²) in [5, 5.41) is 4.32. The van der Waals surface area contributed by atoms with Gasteiger partial charge in [-0.25, -0.2) is 0 Å². The first-order chi connectivity index (χ1) is 8.22. The summed E-state index contributed by atoms with van der Waals surface area (Å²) in [6.45, 7) is 9.54. The first-order valence-corrected chi connectivity index (χ1v) is 6.66. The number of piperidine rings is 1. The summed E-state index contributed by atoms with van der Waals surface area (Å²) in [5.74, 6) is 1.43. The van der Waals surface area contributed by atoms with Crippen LogP contribution in [0.2, 0.25) is 0 Å². The van der Waals surface area contributed by atoms with Gasteiger partial charge in [0.25, 0.3) is 0 Å². The summed E-state index contributed by atoms with van der Waals surface area (Å²) >= 11 is 0. The van der Waals surface area contributed by atoms with E-state index in [9.17, 15) is 0 Å². The van der Waals surface area contributed by atoms with Crippen LogP contribution in [-0.2, 0) is 13.1 Å². The first-order valence-electron chi connectivity index (χ1n) is 6.66. The zero-order valence-electron chi connectivity index (χ0n) is 11.0. The van der Waals surface area contributed by atoms with Gasteiger partial charge in [-0.3, -0.25) is 9.58 Å². The van der Waals surface area contributed by atoms with E-state index >= 15 is 0 Å². The molecule has 0 aromatic carbocycles. The van der Waals surface area contributed by atoms with Crippen molar-refractivity contribution in [2.24, 2.45) is 17.6 Å². The molecule has 2 heterocycles. The van der Waals surface area contributed by atoms with Gasteiger partial charge in [0.1, 0.15) is 0 Å². The maximum atomic E-state index is 5.83. The number of hydrogen-bond acceptors (Lipinski definition) is 3. The van der Waals surface area contributed by atoms with Crippen molar-refractivity contribution < 1.29 is 0 Å². The monoisotopic (exact) mass is 236 g/mol. The Morgan fingerprint density at radius 1 is 1.53 bits per heavy atom. The van der Waals surface area contributed by atoms with Gasteiger partial charge in [0.15, 0.2) is 0 Å². The lowest BCUT2D eigenvalue weighted by Gasteiger charge is -2.36. The molecule has 0 saturated carbocycles. The van der Waals surface area contributed by atoms with Crippen molar-refractivity contribution in [1.29, 1.82) is 0 Å². The molecule has 2 unspecified atom stereocenters. The van der Waals surface area contributed by atoms with Crippen molar-refractivity contribution in [1.82, 2.24) is 14.7 Å². The van der Waals surface area contributed by atoms with Gasteiger partial charge in [-0.1, -0.05) is 6.92 Å². The van der Waals surface area contributed by atoms with E-state index < -0.39 is 0 Å². The van der Waals surface area contributed by atoms with Crippen LogP contribution in [0.4, 0.5) is 0 Å². The van der Waals surface area contributed by atoms with Gasteiger partial charge >= 0.3 is 0 Å². The van der Waals surface area contributed by atoms with Crippen molar-refractivity contribution >= 4 is 0 Å². The van der Waals surface area contributed by atoms with Crippen molar-refractivity contribution in [3.63, 3.8) is 0 Å². The summed E-state index contributed by atoms with van der Waals surface area (Å²) in [7, 11) is 0. The molecular weight excluding hydrogens is 212 g/mol. The second-order valence-electron chi connectivity index (χ2n) is 5.20. The Kier molecular flexibility index (Phi) is 4.18. The van der Waals surface area contributed by atoms with E-state index in [2.05, 4.69) is 30.0 Å². The van der Waals surface area contributed by atoms with E-state index in [0.717, 1.165) is 32.1 Å². The van der Waals surface area contributed by atoms with Gasteiger partial charge in [0.05, 0.1) is 6.20 Å². The third kappa shape index (κ3) is 3.07. The molecule has 96 valence electrons. The molecule has 4 nitrogen and oxygen atoms in total. The molecule has 2 N–H and O–H groups in total. The fourth-order valence-electron chi connectivity index (χ4n) is 2.59. The Hall–Kier alpha value is -0.870. The minimum atomic E-state index is 0.657. The van der Waals surface area contributed by atoms with Crippen LogP contribution in [0.15, 0.2) is 12.4 Å². The lowest BCUT2D eigenvalue weighted by Crippen LogP contribution is -2.42. The molecule has 0 spiro atoms. The largest absolute Gasteiger partial charge is 0.330 e. The quantitative estimate of drug-likeness (QED) is 0.857. The average molecular weight is 236 g/mol. The molecule has 2 rings (SSSR count). The molecule has 1 aromatic rings. The van der Waals surface area contributed by atoms with E-state index in [1.54, 1.807) is 0 Å². The van der Waals surface area contributed by atoms with E-state index in [0.29, 0.717) is 5.92 Å². The van der Waals surface area contributed by atoms with Crippen LogP contribution in [-0.4, -0.2) is 34.3 Å². The highest BCUT2D eigenvalue weighted by atomic mass is 15.3. The Bertz CT molecular complexity index is 347. The second kappa shape index (κ2) is 5.65. The van der Waals surface area contributed by atoms with Crippen LogP contribution in [0.25, 0.3) is 0 Å². The Balaban J connectivity index is 1.90. The predicted octanol–water partition coefficient (Wildman–Crippen LogP) is 1.32. The van der Waals surface area contributed by atoms with Crippen LogP contribution in [0.1, 0.15) is 25.8 Å². The molecule has 2 atom stereocenters. The fraction of sp³-hybridized carbons (Fsp3) is 0.769. The average Bonchev–Trinajstić information content (AvgIpc) is 2.79. The van der Waals surface area contributed by atoms with Gasteiger partial charge in [0, 0.05) is 31.4 Å². The number of hydrogen-bond donors (Lipinski definition) is 1. The van der Waals surface area contributed by atoms with Gasteiger partial charge in [-0.15, -0.1) is 0 Å². The van der Waals surface area contributed by atoms with E-state index in [4.69, 9.17) is 5.73 Å². The lowest BCUT2D eigenvalue weighted by molar-refractivity contribution is 0.126. The number of aryl methyl sites for hydroxylation is 1. The van der Waals surface area contributed by atoms with Gasteiger partial charge in [-0.2, -0.15) is 5.10 Å². The Labute approximate surface area is 104 Å². The topological polar surface area (TPSA) is 47.1 Å². The third-order valence-corrected chi connectivity index (χ3v) is 3.92. The minimum absolute atomic E-state index is 0.657. The van der Waals surface area contributed by atoms with Crippen molar-refractivity contribution in [3.8, 4) is 0 Å².